The fourth-order valence-electron chi connectivity index (χ4n) is 4.72. The van der Waals surface area contributed by atoms with Crippen molar-refractivity contribution in [2.24, 2.45) is 5.10 Å². The molecule has 3 aromatic carbocycles. The van der Waals surface area contributed by atoms with Crippen molar-refractivity contribution in [3.63, 3.8) is 0 Å². The summed E-state index contributed by atoms with van der Waals surface area (Å²) in [5.41, 5.74) is 7.81. The molecule has 6 heteroatoms. The van der Waals surface area contributed by atoms with E-state index in [1.807, 2.05) is 74.5 Å². The van der Waals surface area contributed by atoms with Gasteiger partial charge in [0.2, 0.25) is 0 Å². The first-order valence-electron chi connectivity index (χ1n) is 16.0. The predicted octanol–water partition coefficient (Wildman–Crippen LogP) is 9.20. The monoisotopic (exact) mass is 593 g/mol. The van der Waals surface area contributed by atoms with Gasteiger partial charge in [0, 0.05) is 0 Å². The van der Waals surface area contributed by atoms with Gasteiger partial charge in [-0.15, -0.1) is 0 Å². The molecule has 6 nitrogen and oxygen atoms in total. The zero-order valence-electron chi connectivity index (χ0n) is 26.6. The van der Waals surface area contributed by atoms with Crippen molar-refractivity contribution in [3.05, 3.63) is 94.5 Å². The fraction of sp³-hybridized carbons (Fsp3) is 0.395. The summed E-state index contributed by atoms with van der Waals surface area (Å²) in [6.45, 7) is 6.85. The molecule has 0 aliphatic heterocycles. The van der Waals surface area contributed by atoms with Crippen molar-refractivity contribution >= 4 is 23.8 Å². The molecule has 0 heterocycles. The van der Waals surface area contributed by atoms with E-state index in [0.717, 1.165) is 40.0 Å². The van der Waals surface area contributed by atoms with Crippen LogP contribution < -0.4 is 14.9 Å². The Morgan fingerprint density at radius 3 is 2.11 bits per heavy atom. The number of hydrazone groups is 1. The summed E-state index contributed by atoms with van der Waals surface area (Å²) in [5, 5.41) is 13.8. The van der Waals surface area contributed by atoms with Gasteiger partial charge in [-0.05, 0) is 78.9 Å². The number of amides is 1. The average molecular weight is 594 g/mol. The molecule has 0 saturated heterocycles. The molecule has 1 N–H and O–H groups in total. The van der Waals surface area contributed by atoms with Crippen LogP contribution in [0.15, 0.2) is 71.8 Å². The minimum atomic E-state index is -0.361. The first-order valence-corrected chi connectivity index (χ1v) is 16.0. The Morgan fingerprint density at radius 2 is 1.45 bits per heavy atom. The van der Waals surface area contributed by atoms with Crippen molar-refractivity contribution in [3.8, 4) is 17.6 Å². The van der Waals surface area contributed by atoms with Gasteiger partial charge < -0.3 is 9.47 Å². The van der Waals surface area contributed by atoms with E-state index in [1.54, 1.807) is 18.3 Å². The molecule has 0 bridgehead atoms. The SMILES string of the molecule is CCCCCCCCCCCCOc1cc(/C=C(\C#N)c2ccc(OCC(=O)N/N=C/c3ccc(C)cc3)cc2)ccc1C. The Kier molecular flexibility index (Phi) is 15.3. The van der Waals surface area contributed by atoms with E-state index < -0.39 is 0 Å². The number of benzene rings is 3. The molecule has 0 spiro atoms. The molecule has 3 rings (SSSR count). The zero-order valence-corrected chi connectivity index (χ0v) is 26.6. The van der Waals surface area contributed by atoms with Crippen LogP contribution in [-0.2, 0) is 4.79 Å². The number of allylic oxidation sites excluding steroid dienone is 1. The zero-order chi connectivity index (χ0) is 31.4. The van der Waals surface area contributed by atoms with Crippen LogP contribution in [0.2, 0.25) is 0 Å². The molecular weight excluding hydrogens is 546 g/mol. The number of carbonyl (C=O) groups excluding carboxylic acids is 1. The minimum absolute atomic E-state index is 0.170. The van der Waals surface area contributed by atoms with Gasteiger partial charge in [-0.3, -0.25) is 4.79 Å². The van der Waals surface area contributed by atoms with Crippen LogP contribution in [0, 0.1) is 25.2 Å². The Hall–Kier alpha value is -4.37. The van der Waals surface area contributed by atoms with E-state index in [2.05, 4.69) is 23.5 Å². The minimum Gasteiger partial charge on any atom is -0.493 e. The van der Waals surface area contributed by atoms with Crippen molar-refractivity contribution in [1.82, 2.24) is 5.43 Å². The normalized spacial score (nSPS) is 11.4. The number of carbonyl (C=O) groups is 1. The summed E-state index contributed by atoms with van der Waals surface area (Å²) in [6, 6.07) is 23.3. The van der Waals surface area contributed by atoms with Crippen LogP contribution in [0.3, 0.4) is 0 Å². The molecule has 0 radical (unpaired) electrons. The second-order valence-corrected chi connectivity index (χ2v) is 11.2. The molecule has 0 aliphatic rings. The highest BCUT2D eigenvalue weighted by Gasteiger charge is 2.07. The van der Waals surface area contributed by atoms with Crippen molar-refractivity contribution in [1.29, 1.82) is 5.26 Å². The maximum atomic E-state index is 12.1. The molecule has 0 unspecified atom stereocenters. The summed E-state index contributed by atoms with van der Waals surface area (Å²) in [4.78, 5) is 12.1. The largest absolute Gasteiger partial charge is 0.493 e. The Morgan fingerprint density at radius 1 is 0.818 bits per heavy atom. The van der Waals surface area contributed by atoms with Gasteiger partial charge in [0.15, 0.2) is 6.61 Å². The van der Waals surface area contributed by atoms with E-state index >= 15 is 0 Å². The van der Waals surface area contributed by atoms with Gasteiger partial charge in [-0.25, -0.2) is 5.43 Å². The van der Waals surface area contributed by atoms with Crippen molar-refractivity contribution in [2.75, 3.05) is 13.2 Å². The maximum Gasteiger partial charge on any atom is 0.277 e. The molecule has 232 valence electrons. The third-order valence-corrected chi connectivity index (χ3v) is 7.41. The number of nitrogens with zero attached hydrogens (tertiary/aromatic N) is 2. The van der Waals surface area contributed by atoms with Gasteiger partial charge in [0.05, 0.1) is 24.5 Å². The number of nitrogens with one attached hydrogen (secondary N) is 1. The smallest absolute Gasteiger partial charge is 0.277 e. The van der Waals surface area contributed by atoms with E-state index in [-0.39, 0.29) is 12.5 Å². The van der Waals surface area contributed by atoms with Gasteiger partial charge in [-0.1, -0.05) is 107 Å². The molecule has 0 saturated carbocycles. The highest BCUT2D eigenvalue weighted by atomic mass is 16.5. The van der Waals surface area contributed by atoms with E-state index in [1.165, 1.54) is 57.8 Å². The van der Waals surface area contributed by atoms with Crippen molar-refractivity contribution in [2.45, 2.75) is 85.0 Å². The molecule has 0 aliphatic carbocycles. The van der Waals surface area contributed by atoms with Gasteiger partial charge in [0.25, 0.3) is 5.91 Å². The third kappa shape index (κ3) is 12.9. The van der Waals surface area contributed by atoms with Crippen LogP contribution in [-0.4, -0.2) is 25.3 Å². The third-order valence-electron chi connectivity index (χ3n) is 7.41. The van der Waals surface area contributed by atoms with Gasteiger partial charge >= 0.3 is 0 Å². The molecule has 44 heavy (non-hydrogen) atoms. The number of rotatable bonds is 19. The topological polar surface area (TPSA) is 83.7 Å². The van der Waals surface area contributed by atoms with Gasteiger partial charge in [-0.2, -0.15) is 10.4 Å². The Bertz CT molecular complexity index is 1390. The quantitative estimate of drug-likeness (QED) is 0.0494. The second kappa shape index (κ2) is 19.7. The van der Waals surface area contributed by atoms with Crippen LogP contribution in [0.4, 0.5) is 0 Å². The van der Waals surface area contributed by atoms with Gasteiger partial charge in [0.1, 0.15) is 11.5 Å². The van der Waals surface area contributed by atoms with Crippen molar-refractivity contribution < 1.29 is 14.3 Å². The number of aryl methyl sites for hydroxylation is 2. The summed E-state index contributed by atoms with van der Waals surface area (Å²) in [5.74, 6) is 1.03. The summed E-state index contributed by atoms with van der Waals surface area (Å²) in [6.07, 6.45) is 16.4. The summed E-state index contributed by atoms with van der Waals surface area (Å²) < 4.78 is 11.7. The van der Waals surface area contributed by atoms with Crippen LogP contribution in [0.25, 0.3) is 11.6 Å². The van der Waals surface area contributed by atoms with Crippen LogP contribution >= 0.6 is 0 Å². The Labute approximate surface area is 263 Å². The van der Waals surface area contributed by atoms with E-state index in [9.17, 15) is 10.1 Å². The summed E-state index contributed by atoms with van der Waals surface area (Å²) in [7, 11) is 0. The lowest BCUT2D eigenvalue weighted by molar-refractivity contribution is -0.123. The first kappa shape index (κ1) is 34.1. The first-order chi connectivity index (χ1) is 21.5. The number of hydrogen-bond donors (Lipinski definition) is 1. The second-order valence-electron chi connectivity index (χ2n) is 11.2. The maximum absolute atomic E-state index is 12.1. The number of nitriles is 1. The molecule has 3 aromatic rings. The van der Waals surface area contributed by atoms with E-state index in [0.29, 0.717) is 17.9 Å². The molecule has 0 fully saturated rings. The highest BCUT2D eigenvalue weighted by molar-refractivity contribution is 5.90. The highest BCUT2D eigenvalue weighted by Crippen LogP contribution is 2.25. The lowest BCUT2D eigenvalue weighted by atomic mass is 10.0. The molecule has 1 amide bonds. The number of hydrogen-bond acceptors (Lipinski definition) is 5. The molecule has 0 atom stereocenters. The lowest BCUT2D eigenvalue weighted by Gasteiger charge is -2.10. The fourth-order valence-corrected chi connectivity index (χ4v) is 4.72. The predicted molar refractivity (Wildman–Crippen MR) is 181 cm³/mol. The van der Waals surface area contributed by atoms with Crippen LogP contribution in [0.1, 0.15) is 98.9 Å². The lowest BCUT2D eigenvalue weighted by Crippen LogP contribution is -2.24. The van der Waals surface area contributed by atoms with E-state index in [4.69, 9.17) is 9.47 Å². The summed E-state index contributed by atoms with van der Waals surface area (Å²) >= 11 is 0. The standard InChI is InChI=1S/C38H47N3O3/c1-4-5-6-7-8-9-10-11-12-13-24-43-37-26-33(19-16-31(37)3)25-35(27-39)34-20-22-36(23-21-34)44-29-38(42)41-40-28-32-17-14-30(2)15-18-32/h14-23,25-26,28H,4-13,24,29H2,1-3H3,(H,41,42)/b35-25+,40-28+. The molecule has 0 aromatic heterocycles. The molecular formula is C38H47N3O3. The Balaban J connectivity index is 1.44. The van der Waals surface area contributed by atoms with Crippen LogP contribution in [0.5, 0.6) is 11.5 Å². The number of unbranched alkanes of at least 4 members (excludes halogenated alkanes) is 9. The number of ether oxygens (including phenoxy) is 2. The average Bonchev–Trinajstić information content (AvgIpc) is 3.04.